The summed E-state index contributed by atoms with van der Waals surface area (Å²) in [6, 6.07) is 11.1. The van der Waals surface area contributed by atoms with Crippen LogP contribution in [0.25, 0.3) is 22.2 Å². The largest absolute Gasteiger partial charge is 0.368 e. The highest BCUT2D eigenvalue weighted by molar-refractivity contribution is 6.33. The van der Waals surface area contributed by atoms with Crippen LogP contribution >= 0.6 is 11.6 Å². The molecule has 11 heteroatoms. The number of amides is 1. The van der Waals surface area contributed by atoms with Crippen LogP contribution in [0.2, 0.25) is 5.02 Å². The molecule has 0 unspecified atom stereocenters. The number of piperidine rings is 1. The van der Waals surface area contributed by atoms with Gasteiger partial charge < -0.3 is 20.4 Å². The highest BCUT2D eigenvalue weighted by atomic mass is 35.5. The first-order valence-corrected chi connectivity index (χ1v) is 15.0. The van der Waals surface area contributed by atoms with Crippen LogP contribution in [0.15, 0.2) is 53.6 Å². The van der Waals surface area contributed by atoms with E-state index in [0.29, 0.717) is 53.1 Å². The minimum atomic E-state index is -0.231. The molecule has 2 N–H and O–H groups in total. The molecule has 0 aliphatic carbocycles. The number of benzene rings is 1. The third-order valence-corrected chi connectivity index (χ3v) is 8.57. The summed E-state index contributed by atoms with van der Waals surface area (Å²) in [5.74, 6) is 1.05. The standard InChI is InChI=1S/C31H35ClN8O2/c1-3-27(41)39-14-6-7-22(19-39)40-29-24(20(2)28(30(40)42)23-8-4-5-9-25(23)32)18-35-31(37-29)36-26-11-10-21(17-34-26)38-15-12-33-13-16-38/h4-5,8-11,17-18,22,33H,3,6-7,12-16,19H2,1-2H3,(H,34,35,36,37)/t22-/m0/s1. The fourth-order valence-corrected chi connectivity index (χ4v) is 6.24. The molecule has 0 saturated carbocycles. The molecule has 10 nitrogen and oxygen atoms in total. The van der Waals surface area contributed by atoms with Crippen molar-refractivity contribution in [1.82, 2.24) is 29.7 Å². The Hall–Kier alpha value is -4.02. The Labute approximate surface area is 249 Å². The minimum absolute atomic E-state index is 0.0859. The van der Waals surface area contributed by atoms with E-state index in [0.717, 1.165) is 55.7 Å². The Balaban J connectivity index is 1.42. The molecule has 1 amide bonds. The van der Waals surface area contributed by atoms with Crippen molar-refractivity contribution in [2.24, 2.45) is 0 Å². The number of pyridine rings is 2. The van der Waals surface area contributed by atoms with Crippen LogP contribution < -0.4 is 21.1 Å². The average Bonchev–Trinajstić information content (AvgIpc) is 3.02. The summed E-state index contributed by atoms with van der Waals surface area (Å²) in [5.41, 5.74) is 3.39. The van der Waals surface area contributed by atoms with Crippen LogP contribution in [-0.2, 0) is 4.79 Å². The first kappa shape index (κ1) is 28.1. The zero-order chi connectivity index (χ0) is 29.2. The Morgan fingerprint density at radius 2 is 1.90 bits per heavy atom. The number of aromatic nitrogens is 4. The SMILES string of the molecule is CCC(=O)N1CCC[C@H](n2c(=O)c(-c3ccccc3Cl)c(C)c3cnc(Nc4ccc(N5CCNCC5)cn4)nc32)C1. The van der Waals surface area contributed by atoms with Crippen molar-refractivity contribution in [2.75, 3.05) is 49.5 Å². The smallest absolute Gasteiger partial charge is 0.260 e. The number of nitrogens with one attached hydrogen (secondary N) is 2. The summed E-state index contributed by atoms with van der Waals surface area (Å²) in [4.78, 5) is 45.2. The number of nitrogens with zero attached hydrogens (tertiary/aromatic N) is 6. The van der Waals surface area contributed by atoms with Crippen molar-refractivity contribution in [3.8, 4) is 11.1 Å². The van der Waals surface area contributed by atoms with Crippen molar-refractivity contribution in [3.63, 3.8) is 0 Å². The second-order valence-corrected chi connectivity index (χ2v) is 11.2. The van der Waals surface area contributed by atoms with Gasteiger partial charge in [0.1, 0.15) is 11.5 Å². The summed E-state index contributed by atoms with van der Waals surface area (Å²) in [7, 11) is 0. The van der Waals surface area contributed by atoms with Crippen molar-refractivity contribution in [3.05, 3.63) is 69.7 Å². The van der Waals surface area contributed by atoms with Gasteiger partial charge in [-0.15, -0.1) is 0 Å². The zero-order valence-electron chi connectivity index (χ0n) is 23.9. The van der Waals surface area contributed by atoms with E-state index in [4.69, 9.17) is 16.6 Å². The molecule has 2 aliphatic heterocycles. The van der Waals surface area contributed by atoms with Gasteiger partial charge in [0.15, 0.2) is 0 Å². The van der Waals surface area contributed by atoms with Crippen molar-refractivity contribution >= 4 is 46.0 Å². The van der Waals surface area contributed by atoms with E-state index < -0.39 is 0 Å². The van der Waals surface area contributed by atoms with Crippen LogP contribution in [0.4, 0.5) is 17.5 Å². The monoisotopic (exact) mass is 586 g/mol. The van der Waals surface area contributed by atoms with Gasteiger partial charge in [-0.25, -0.2) is 9.97 Å². The number of hydrogen-bond donors (Lipinski definition) is 2. The summed E-state index contributed by atoms with van der Waals surface area (Å²) in [6.07, 6.45) is 5.60. The molecule has 5 heterocycles. The van der Waals surface area contributed by atoms with Gasteiger partial charge in [-0.2, -0.15) is 4.98 Å². The highest BCUT2D eigenvalue weighted by Crippen LogP contribution is 2.33. The number of fused-ring (bicyclic) bond motifs is 1. The highest BCUT2D eigenvalue weighted by Gasteiger charge is 2.29. The molecule has 1 aromatic carbocycles. The molecule has 2 saturated heterocycles. The Kier molecular flexibility index (Phi) is 8.08. The number of hydrogen-bond acceptors (Lipinski definition) is 8. The van der Waals surface area contributed by atoms with Gasteiger partial charge >= 0.3 is 0 Å². The summed E-state index contributed by atoms with van der Waals surface area (Å²) < 4.78 is 1.75. The lowest BCUT2D eigenvalue weighted by Crippen LogP contribution is -2.43. The fourth-order valence-electron chi connectivity index (χ4n) is 6.01. The molecule has 0 bridgehead atoms. The van der Waals surface area contributed by atoms with Crippen LogP contribution in [0, 0.1) is 6.92 Å². The lowest BCUT2D eigenvalue weighted by Gasteiger charge is -2.34. The molecular formula is C31H35ClN8O2. The van der Waals surface area contributed by atoms with Gasteiger partial charge in [-0.05, 0) is 43.5 Å². The molecule has 4 aromatic rings. The predicted octanol–water partition coefficient (Wildman–Crippen LogP) is 4.54. The van der Waals surface area contributed by atoms with Gasteiger partial charge in [0.05, 0.1) is 23.5 Å². The minimum Gasteiger partial charge on any atom is -0.368 e. The maximum absolute atomic E-state index is 14.4. The Morgan fingerprint density at radius 1 is 1.10 bits per heavy atom. The van der Waals surface area contributed by atoms with Gasteiger partial charge in [0.25, 0.3) is 5.56 Å². The van der Waals surface area contributed by atoms with E-state index in [1.165, 1.54) is 0 Å². The van der Waals surface area contributed by atoms with Crippen molar-refractivity contribution < 1.29 is 4.79 Å². The van der Waals surface area contributed by atoms with Crippen LogP contribution in [-0.4, -0.2) is 69.6 Å². The number of rotatable bonds is 6. The second kappa shape index (κ2) is 12.1. The second-order valence-electron chi connectivity index (χ2n) is 10.8. The van der Waals surface area contributed by atoms with E-state index in [1.807, 2.05) is 55.3 Å². The normalized spacial score (nSPS) is 17.5. The van der Waals surface area contributed by atoms with Gasteiger partial charge in [-0.3, -0.25) is 14.2 Å². The maximum Gasteiger partial charge on any atom is 0.260 e. The molecule has 3 aromatic heterocycles. The lowest BCUT2D eigenvalue weighted by atomic mass is 9.98. The number of likely N-dealkylation sites (tertiary alicyclic amines) is 1. The molecular weight excluding hydrogens is 552 g/mol. The topological polar surface area (TPSA) is 108 Å². The quantitative estimate of drug-likeness (QED) is 0.339. The first-order chi connectivity index (χ1) is 20.4. The summed E-state index contributed by atoms with van der Waals surface area (Å²) >= 11 is 6.60. The summed E-state index contributed by atoms with van der Waals surface area (Å²) in [6.45, 7) is 8.71. The number of carbonyl (C=O) groups excluding carboxylic acids is 1. The van der Waals surface area contributed by atoms with E-state index in [1.54, 1.807) is 16.8 Å². The number of halogens is 1. The third kappa shape index (κ3) is 5.44. The van der Waals surface area contributed by atoms with Crippen molar-refractivity contribution in [2.45, 2.75) is 39.2 Å². The van der Waals surface area contributed by atoms with Crippen LogP contribution in [0.1, 0.15) is 37.8 Å². The van der Waals surface area contributed by atoms with Gasteiger partial charge in [-0.1, -0.05) is 36.7 Å². The van der Waals surface area contributed by atoms with E-state index in [9.17, 15) is 9.59 Å². The number of carbonyl (C=O) groups is 1. The van der Waals surface area contributed by atoms with Gasteiger partial charge in [0.2, 0.25) is 11.9 Å². The first-order valence-electron chi connectivity index (χ1n) is 14.6. The van der Waals surface area contributed by atoms with E-state index >= 15 is 0 Å². The maximum atomic E-state index is 14.4. The van der Waals surface area contributed by atoms with E-state index in [2.05, 4.69) is 25.5 Å². The van der Waals surface area contributed by atoms with E-state index in [-0.39, 0.29) is 17.5 Å². The average molecular weight is 587 g/mol. The molecule has 0 spiro atoms. The Morgan fingerprint density at radius 3 is 2.64 bits per heavy atom. The number of aryl methyl sites for hydroxylation is 1. The number of piperazine rings is 1. The fraction of sp³-hybridized carbons (Fsp3) is 0.387. The van der Waals surface area contributed by atoms with Crippen LogP contribution in [0.3, 0.4) is 0 Å². The molecule has 42 heavy (non-hydrogen) atoms. The molecule has 1 atom stereocenters. The Bertz CT molecular complexity index is 1670. The van der Waals surface area contributed by atoms with Crippen molar-refractivity contribution in [1.29, 1.82) is 0 Å². The third-order valence-electron chi connectivity index (χ3n) is 8.24. The summed E-state index contributed by atoms with van der Waals surface area (Å²) in [5, 5.41) is 7.85. The molecule has 6 rings (SSSR count). The molecule has 2 fully saturated rings. The zero-order valence-corrected chi connectivity index (χ0v) is 24.7. The predicted molar refractivity (Wildman–Crippen MR) is 167 cm³/mol. The lowest BCUT2D eigenvalue weighted by molar-refractivity contribution is -0.132. The molecule has 2 aliphatic rings. The van der Waals surface area contributed by atoms with Crippen LogP contribution in [0.5, 0.6) is 0 Å². The van der Waals surface area contributed by atoms with Gasteiger partial charge in [0, 0.05) is 67.9 Å². The molecule has 218 valence electrons. The number of anilines is 3. The molecule has 0 radical (unpaired) electrons.